The van der Waals surface area contributed by atoms with Gasteiger partial charge in [0.05, 0.1) is 6.04 Å². The molecule has 0 radical (unpaired) electrons. The largest absolute Gasteiger partial charge is 0.353 e. The van der Waals surface area contributed by atoms with E-state index in [1.54, 1.807) is 0 Å². The molecule has 2 atom stereocenters. The van der Waals surface area contributed by atoms with Crippen LogP contribution < -0.4 is 10.6 Å². The predicted octanol–water partition coefficient (Wildman–Crippen LogP) is 2.57. The van der Waals surface area contributed by atoms with Crippen LogP contribution in [0.5, 0.6) is 0 Å². The molecule has 1 aromatic carbocycles. The summed E-state index contributed by atoms with van der Waals surface area (Å²) < 4.78 is 0. The molecule has 0 aromatic heterocycles. The van der Waals surface area contributed by atoms with Crippen molar-refractivity contribution in [3.8, 4) is 0 Å². The smallest absolute Gasteiger partial charge is 0.237 e. The van der Waals surface area contributed by atoms with E-state index in [4.69, 9.17) is 0 Å². The SMILES string of the molecule is CC(C)NC(=O)[C@H](C)N[C@@H]1CCCc2ccccc21. The van der Waals surface area contributed by atoms with E-state index in [2.05, 4.69) is 34.9 Å². The highest BCUT2D eigenvalue weighted by atomic mass is 16.2. The monoisotopic (exact) mass is 260 g/mol. The van der Waals surface area contributed by atoms with Crippen LogP contribution in [-0.4, -0.2) is 18.0 Å². The van der Waals surface area contributed by atoms with E-state index in [1.807, 2.05) is 20.8 Å². The number of carbonyl (C=O) groups excluding carboxylic acids is 1. The maximum Gasteiger partial charge on any atom is 0.237 e. The third-order valence-electron chi connectivity index (χ3n) is 3.64. The molecule has 0 aliphatic heterocycles. The molecule has 0 heterocycles. The van der Waals surface area contributed by atoms with Crippen molar-refractivity contribution in [1.82, 2.24) is 10.6 Å². The van der Waals surface area contributed by atoms with Gasteiger partial charge < -0.3 is 5.32 Å². The van der Waals surface area contributed by atoms with Gasteiger partial charge in [-0.25, -0.2) is 0 Å². The lowest BCUT2D eigenvalue weighted by molar-refractivity contribution is -0.123. The number of rotatable bonds is 4. The highest BCUT2D eigenvalue weighted by molar-refractivity contribution is 5.81. The van der Waals surface area contributed by atoms with Gasteiger partial charge in [0.2, 0.25) is 5.91 Å². The summed E-state index contributed by atoms with van der Waals surface area (Å²) in [6.07, 6.45) is 3.45. The van der Waals surface area contributed by atoms with Crippen LogP contribution in [0.3, 0.4) is 0 Å². The van der Waals surface area contributed by atoms with Crippen LogP contribution in [-0.2, 0) is 11.2 Å². The molecule has 0 saturated heterocycles. The number of benzene rings is 1. The van der Waals surface area contributed by atoms with Crippen molar-refractivity contribution < 1.29 is 4.79 Å². The Hall–Kier alpha value is -1.35. The third-order valence-corrected chi connectivity index (χ3v) is 3.64. The fraction of sp³-hybridized carbons (Fsp3) is 0.562. The van der Waals surface area contributed by atoms with Crippen molar-refractivity contribution in [3.05, 3.63) is 35.4 Å². The van der Waals surface area contributed by atoms with E-state index >= 15 is 0 Å². The molecule has 3 heteroatoms. The van der Waals surface area contributed by atoms with E-state index in [0.717, 1.165) is 12.8 Å². The molecule has 0 bridgehead atoms. The van der Waals surface area contributed by atoms with Crippen molar-refractivity contribution in [3.63, 3.8) is 0 Å². The zero-order valence-electron chi connectivity index (χ0n) is 12.1. The molecule has 1 aliphatic rings. The molecule has 1 amide bonds. The summed E-state index contributed by atoms with van der Waals surface area (Å²) in [4.78, 5) is 12.0. The second-order valence-corrected chi connectivity index (χ2v) is 5.70. The van der Waals surface area contributed by atoms with Gasteiger partial charge in [0.15, 0.2) is 0 Å². The Morgan fingerprint density at radius 3 is 2.74 bits per heavy atom. The van der Waals surface area contributed by atoms with Crippen molar-refractivity contribution >= 4 is 5.91 Å². The molecular formula is C16H24N2O. The van der Waals surface area contributed by atoms with Gasteiger partial charge in [0, 0.05) is 12.1 Å². The molecule has 0 saturated carbocycles. The van der Waals surface area contributed by atoms with E-state index in [0.29, 0.717) is 6.04 Å². The van der Waals surface area contributed by atoms with Gasteiger partial charge in [-0.05, 0) is 51.2 Å². The normalized spacial score (nSPS) is 19.9. The minimum Gasteiger partial charge on any atom is -0.353 e. The highest BCUT2D eigenvalue weighted by Crippen LogP contribution is 2.29. The molecule has 0 spiro atoms. The number of nitrogens with one attached hydrogen (secondary N) is 2. The van der Waals surface area contributed by atoms with Crippen LogP contribution in [0.25, 0.3) is 0 Å². The first-order valence-electron chi connectivity index (χ1n) is 7.22. The zero-order chi connectivity index (χ0) is 13.8. The molecule has 2 rings (SSSR count). The number of hydrogen-bond donors (Lipinski definition) is 2. The van der Waals surface area contributed by atoms with E-state index in [9.17, 15) is 4.79 Å². The molecule has 0 unspecified atom stereocenters. The average molecular weight is 260 g/mol. The average Bonchev–Trinajstić information content (AvgIpc) is 2.38. The lowest BCUT2D eigenvalue weighted by Crippen LogP contribution is -2.46. The minimum atomic E-state index is -0.154. The molecule has 3 nitrogen and oxygen atoms in total. The number of fused-ring (bicyclic) bond motifs is 1. The summed E-state index contributed by atoms with van der Waals surface area (Å²) in [5, 5.41) is 6.42. The summed E-state index contributed by atoms with van der Waals surface area (Å²) >= 11 is 0. The first-order valence-corrected chi connectivity index (χ1v) is 7.22. The van der Waals surface area contributed by atoms with Crippen LogP contribution in [0, 0.1) is 0 Å². The topological polar surface area (TPSA) is 41.1 Å². The Morgan fingerprint density at radius 2 is 2.00 bits per heavy atom. The lowest BCUT2D eigenvalue weighted by Gasteiger charge is -2.29. The van der Waals surface area contributed by atoms with Gasteiger partial charge in [-0.1, -0.05) is 24.3 Å². The maximum atomic E-state index is 12.0. The number of hydrogen-bond acceptors (Lipinski definition) is 2. The summed E-state index contributed by atoms with van der Waals surface area (Å²) in [6.45, 7) is 5.91. The molecule has 104 valence electrons. The highest BCUT2D eigenvalue weighted by Gasteiger charge is 2.23. The fourth-order valence-electron chi connectivity index (χ4n) is 2.71. The minimum absolute atomic E-state index is 0.0815. The van der Waals surface area contributed by atoms with Crippen molar-refractivity contribution in [2.24, 2.45) is 0 Å². The Bertz CT molecular complexity index is 442. The Balaban J connectivity index is 2.02. The maximum absolute atomic E-state index is 12.0. The number of amides is 1. The van der Waals surface area contributed by atoms with Crippen molar-refractivity contribution in [2.75, 3.05) is 0 Å². The molecule has 1 aliphatic carbocycles. The van der Waals surface area contributed by atoms with Crippen molar-refractivity contribution in [2.45, 2.75) is 58.2 Å². The Labute approximate surface area is 115 Å². The standard InChI is InChI=1S/C16H24N2O/c1-11(2)17-16(19)12(3)18-15-10-6-8-13-7-4-5-9-14(13)15/h4-5,7,9,11-12,15,18H,6,8,10H2,1-3H3,(H,17,19)/t12-,15+/m0/s1. The van der Waals surface area contributed by atoms with E-state index in [-0.39, 0.29) is 18.0 Å². The van der Waals surface area contributed by atoms with E-state index in [1.165, 1.54) is 17.5 Å². The third kappa shape index (κ3) is 3.57. The zero-order valence-corrected chi connectivity index (χ0v) is 12.1. The lowest BCUT2D eigenvalue weighted by atomic mass is 9.87. The van der Waals surface area contributed by atoms with Crippen LogP contribution in [0.2, 0.25) is 0 Å². The van der Waals surface area contributed by atoms with Gasteiger partial charge in [0.25, 0.3) is 0 Å². The second-order valence-electron chi connectivity index (χ2n) is 5.70. The van der Waals surface area contributed by atoms with Crippen LogP contribution in [0.15, 0.2) is 24.3 Å². The number of carbonyl (C=O) groups is 1. The molecule has 0 fully saturated rings. The number of aryl methyl sites for hydroxylation is 1. The molecule has 19 heavy (non-hydrogen) atoms. The van der Waals surface area contributed by atoms with Crippen LogP contribution in [0.1, 0.15) is 50.8 Å². The molecule has 2 N–H and O–H groups in total. The second kappa shape index (κ2) is 6.20. The summed E-state index contributed by atoms with van der Waals surface area (Å²) in [6, 6.07) is 8.89. The summed E-state index contributed by atoms with van der Waals surface area (Å²) in [7, 11) is 0. The molecule has 1 aromatic rings. The Kier molecular flexibility index (Phi) is 4.59. The van der Waals surface area contributed by atoms with Crippen LogP contribution in [0.4, 0.5) is 0 Å². The summed E-state index contributed by atoms with van der Waals surface area (Å²) in [5.74, 6) is 0.0815. The van der Waals surface area contributed by atoms with Gasteiger partial charge in [-0.15, -0.1) is 0 Å². The van der Waals surface area contributed by atoms with Gasteiger partial charge in [0.1, 0.15) is 0 Å². The fourth-order valence-corrected chi connectivity index (χ4v) is 2.71. The quantitative estimate of drug-likeness (QED) is 0.873. The Morgan fingerprint density at radius 1 is 1.26 bits per heavy atom. The summed E-state index contributed by atoms with van der Waals surface area (Å²) in [5.41, 5.74) is 2.78. The first kappa shape index (κ1) is 14.1. The van der Waals surface area contributed by atoms with Crippen LogP contribution >= 0.6 is 0 Å². The van der Waals surface area contributed by atoms with Gasteiger partial charge >= 0.3 is 0 Å². The molecular weight excluding hydrogens is 236 g/mol. The van der Waals surface area contributed by atoms with Gasteiger partial charge in [-0.2, -0.15) is 0 Å². The van der Waals surface area contributed by atoms with Gasteiger partial charge in [-0.3, -0.25) is 10.1 Å². The predicted molar refractivity (Wildman–Crippen MR) is 78.0 cm³/mol. The first-order chi connectivity index (χ1) is 9.08. The van der Waals surface area contributed by atoms with E-state index < -0.39 is 0 Å². The van der Waals surface area contributed by atoms with Crippen molar-refractivity contribution in [1.29, 1.82) is 0 Å².